The topological polar surface area (TPSA) is 50.2 Å². The molecule has 1 N–H and O–H groups in total. The second kappa shape index (κ2) is 5.42. The minimum Gasteiger partial charge on any atom is -0.476 e. The van der Waals surface area contributed by atoms with Gasteiger partial charge < -0.3 is 5.11 Å². The molecular weight excluding hydrogens is 270 g/mol. The van der Waals surface area contributed by atoms with E-state index in [1.54, 1.807) is 18.3 Å². The zero-order chi connectivity index (χ0) is 13.1. The van der Waals surface area contributed by atoms with E-state index in [9.17, 15) is 4.79 Å². The highest BCUT2D eigenvalue weighted by Gasteiger charge is 2.10. The predicted molar refractivity (Wildman–Crippen MR) is 72.7 cm³/mol. The van der Waals surface area contributed by atoms with E-state index >= 15 is 0 Å². The first-order valence-electron chi connectivity index (χ1n) is 5.22. The molecule has 0 unspecified atom stereocenters. The Kier molecular flexibility index (Phi) is 3.89. The number of hydrogen-bond acceptors (Lipinski definition) is 3. The van der Waals surface area contributed by atoms with Crippen LogP contribution in [-0.4, -0.2) is 16.1 Å². The molecule has 0 bridgehead atoms. The number of carbonyl (C=O) groups is 1. The molecule has 0 aliphatic rings. The average Bonchev–Trinajstić information content (AvgIpc) is 2.28. The molecular formula is C13H10ClNO2S. The van der Waals surface area contributed by atoms with Crippen molar-refractivity contribution in [3.8, 4) is 0 Å². The molecule has 1 aromatic heterocycles. The maximum atomic E-state index is 10.8. The van der Waals surface area contributed by atoms with Gasteiger partial charge in [0.25, 0.3) is 0 Å². The lowest BCUT2D eigenvalue weighted by atomic mass is 10.1. The lowest BCUT2D eigenvalue weighted by Crippen LogP contribution is -2.02. The van der Waals surface area contributed by atoms with Gasteiger partial charge in [0.1, 0.15) is 0 Å². The van der Waals surface area contributed by atoms with E-state index in [0.29, 0.717) is 16.3 Å². The quantitative estimate of drug-likeness (QED) is 0.848. The van der Waals surface area contributed by atoms with Gasteiger partial charge in [-0.25, -0.2) is 9.78 Å². The van der Waals surface area contributed by atoms with Gasteiger partial charge in [0.2, 0.25) is 0 Å². The van der Waals surface area contributed by atoms with Crippen molar-refractivity contribution in [2.45, 2.75) is 11.3 Å². The van der Waals surface area contributed by atoms with Crippen LogP contribution >= 0.6 is 24.2 Å². The SMILES string of the molecule is O=C(O)c1ncc(Cc2cccc(Cl)c2)cc1S. The lowest BCUT2D eigenvalue weighted by Gasteiger charge is -2.05. The van der Waals surface area contributed by atoms with Crippen molar-refractivity contribution in [3.05, 3.63) is 58.4 Å². The molecule has 1 heterocycles. The van der Waals surface area contributed by atoms with Crippen LogP contribution in [0.3, 0.4) is 0 Å². The number of halogens is 1. The molecule has 1 aromatic carbocycles. The number of aromatic carboxylic acids is 1. The molecule has 2 aromatic rings. The van der Waals surface area contributed by atoms with E-state index < -0.39 is 5.97 Å². The van der Waals surface area contributed by atoms with Gasteiger partial charge in [-0.15, -0.1) is 12.6 Å². The van der Waals surface area contributed by atoms with E-state index in [2.05, 4.69) is 17.6 Å². The summed E-state index contributed by atoms with van der Waals surface area (Å²) in [6.07, 6.45) is 2.19. The number of thiol groups is 1. The summed E-state index contributed by atoms with van der Waals surface area (Å²) >= 11 is 10.0. The third kappa shape index (κ3) is 3.03. The summed E-state index contributed by atoms with van der Waals surface area (Å²) in [5.41, 5.74) is 1.90. The Morgan fingerprint density at radius 2 is 2.11 bits per heavy atom. The molecule has 0 atom stereocenters. The zero-order valence-electron chi connectivity index (χ0n) is 9.30. The van der Waals surface area contributed by atoms with Crippen molar-refractivity contribution in [1.82, 2.24) is 4.98 Å². The second-order valence-electron chi connectivity index (χ2n) is 3.82. The van der Waals surface area contributed by atoms with Crippen LogP contribution in [0.25, 0.3) is 0 Å². The van der Waals surface area contributed by atoms with Crippen LogP contribution in [0.15, 0.2) is 41.4 Å². The van der Waals surface area contributed by atoms with Crippen LogP contribution in [0.2, 0.25) is 5.02 Å². The first kappa shape index (κ1) is 12.9. The van der Waals surface area contributed by atoms with Gasteiger partial charge in [0, 0.05) is 16.1 Å². The Morgan fingerprint density at radius 3 is 2.72 bits per heavy atom. The standard InChI is InChI=1S/C13H10ClNO2S/c14-10-3-1-2-8(5-10)4-9-6-11(18)12(13(16)17)15-7-9/h1-3,5-7,18H,4H2,(H,16,17). The molecule has 3 nitrogen and oxygen atoms in total. The summed E-state index contributed by atoms with van der Waals surface area (Å²) < 4.78 is 0. The van der Waals surface area contributed by atoms with E-state index in [-0.39, 0.29) is 5.69 Å². The van der Waals surface area contributed by atoms with Crippen LogP contribution < -0.4 is 0 Å². The molecule has 0 aliphatic carbocycles. The number of carboxylic acids is 1. The summed E-state index contributed by atoms with van der Waals surface area (Å²) in [6.45, 7) is 0. The Morgan fingerprint density at radius 1 is 1.33 bits per heavy atom. The fourth-order valence-electron chi connectivity index (χ4n) is 1.64. The number of rotatable bonds is 3. The molecule has 18 heavy (non-hydrogen) atoms. The van der Waals surface area contributed by atoms with E-state index in [1.807, 2.05) is 18.2 Å². The van der Waals surface area contributed by atoms with Gasteiger partial charge in [-0.3, -0.25) is 0 Å². The van der Waals surface area contributed by atoms with Crippen molar-refractivity contribution in [2.75, 3.05) is 0 Å². The summed E-state index contributed by atoms with van der Waals surface area (Å²) in [6, 6.07) is 9.21. The Bertz CT molecular complexity index is 601. The largest absolute Gasteiger partial charge is 0.476 e. The highest BCUT2D eigenvalue weighted by molar-refractivity contribution is 7.80. The van der Waals surface area contributed by atoms with Gasteiger partial charge >= 0.3 is 5.97 Å². The second-order valence-corrected chi connectivity index (χ2v) is 4.74. The number of hydrogen-bond donors (Lipinski definition) is 2. The molecule has 5 heteroatoms. The normalized spacial score (nSPS) is 10.3. The molecule has 0 fully saturated rings. The van der Waals surface area contributed by atoms with E-state index in [4.69, 9.17) is 16.7 Å². The van der Waals surface area contributed by atoms with Crippen molar-refractivity contribution >= 4 is 30.2 Å². The highest BCUT2D eigenvalue weighted by Crippen LogP contribution is 2.18. The maximum Gasteiger partial charge on any atom is 0.355 e. The number of pyridine rings is 1. The lowest BCUT2D eigenvalue weighted by molar-refractivity contribution is 0.0686. The van der Waals surface area contributed by atoms with Gasteiger partial charge in [-0.05, 0) is 35.7 Å². The minimum atomic E-state index is -1.07. The molecule has 0 radical (unpaired) electrons. The molecule has 0 amide bonds. The fraction of sp³-hybridized carbons (Fsp3) is 0.0769. The third-order valence-corrected chi connectivity index (χ3v) is 3.00. The molecule has 0 saturated carbocycles. The van der Waals surface area contributed by atoms with Crippen molar-refractivity contribution < 1.29 is 9.90 Å². The summed E-state index contributed by atoms with van der Waals surface area (Å²) in [4.78, 5) is 15.1. The molecule has 0 saturated heterocycles. The third-order valence-electron chi connectivity index (χ3n) is 2.42. The fourth-order valence-corrected chi connectivity index (χ4v) is 2.17. The Hall–Kier alpha value is -1.52. The average molecular weight is 280 g/mol. The summed E-state index contributed by atoms with van der Waals surface area (Å²) in [7, 11) is 0. The monoisotopic (exact) mass is 279 g/mol. The van der Waals surface area contributed by atoms with Crippen LogP contribution in [-0.2, 0) is 6.42 Å². The van der Waals surface area contributed by atoms with Gasteiger partial charge in [-0.1, -0.05) is 23.7 Å². The van der Waals surface area contributed by atoms with Crippen LogP contribution in [0, 0.1) is 0 Å². The van der Waals surface area contributed by atoms with Crippen molar-refractivity contribution in [2.24, 2.45) is 0 Å². The van der Waals surface area contributed by atoms with Crippen molar-refractivity contribution in [1.29, 1.82) is 0 Å². The Balaban J connectivity index is 2.25. The Labute approximate surface area is 115 Å². The summed E-state index contributed by atoms with van der Waals surface area (Å²) in [5.74, 6) is -1.07. The minimum absolute atomic E-state index is 0.0341. The first-order valence-corrected chi connectivity index (χ1v) is 6.04. The van der Waals surface area contributed by atoms with Crippen LogP contribution in [0.4, 0.5) is 0 Å². The van der Waals surface area contributed by atoms with Crippen molar-refractivity contribution in [3.63, 3.8) is 0 Å². The number of aromatic nitrogens is 1. The number of nitrogens with zero attached hydrogens (tertiary/aromatic N) is 1. The van der Waals surface area contributed by atoms with Gasteiger partial charge in [0.15, 0.2) is 5.69 Å². The molecule has 0 aliphatic heterocycles. The smallest absolute Gasteiger partial charge is 0.355 e. The molecule has 92 valence electrons. The number of carboxylic acid groups (broad SMARTS) is 1. The van der Waals surface area contributed by atoms with Crippen LogP contribution in [0.1, 0.15) is 21.6 Å². The molecule has 2 rings (SSSR count). The number of benzene rings is 1. The van der Waals surface area contributed by atoms with E-state index in [1.165, 1.54) is 0 Å². The summed E-state index contributed by atoms with van der Waals surface area (Å²) in [5, 5.41) is 9.53. The predicted octanol–water partition coefficient (Wildman–Crippen LogP) is 3.31. The zero-order valence-corrected chi connectivity index (χ0v) is 10.9. The first-order chi connectivity index (χ1) is 8.56. The van der Waals surface area contributed by atoms with Crippen LogP contribution in [0.5, 0.6) is 0 Å². The highest BCUT2D eigenvalue weighted by atomic mass is 35.5. The van der Waals surface area contributed by atoms with E-state index in [0.717, 1.165) is 11.1 Å². The maximum absolute atomic E-state index is 10.8. The molecule has 0 spiro atoms. The van der Waals surface area contributed by atoms with Gasteiger partial charge in [0.05, 0.1) is 0 Å². The van der Waals surface area contributed by atoms with Gasteiger partial charge in [-0.2, -0.15) is 0 Å².